The van der Waals surface area contributed by atoms with Crippen LogP contribution in [0.1, 0.15) is 41.5 Å². The lowest BCUT2D eigenvalue weighted by atomic mass is 10.0. The van der Waals surface area contributed by atoms with E-state index in [0.29, 0.717) is 28.6 Å². The summed E-state index contributed by atoms with van der Waals surface area (Å²) in [6, 6.07) is 9.19. The number of hydrogen-bond donors (Lipinski definition) is 0. The van der Waals surface area contributed by atoms with E-state index in [9.17, 15) is 8.42 Å². The summed E-state index contributed by atoms with van der Waals surface area (Å²) in [5.41, 5.74) is 4.07. The molecule has 1 heterocycles. The Bertz CT molecular complexity index is 1010. The average molecular weight is 421 g/mol. The van der Waals surface area contributed by atoms with Gasteiger partial charge < -0.3 is 4.74 Å². The van der Waals surface area contributed by atoms with Crippen molar-refractivity contribution in [1.29, 1.82) is 0 Å². The molecule has 5 nitrogen and oxygen atoms in total. The number of hydrazone groups is 1. The van der Waals surface area contributed by atoms with Crippen LogP contribution in [0.5, 0.6) is 5.75 Å². The molecule has 0 bridgehead atoms. The molecule has 0 radical (unpaired) electrons. The van der Waals surface area contributed by atoms with Gasteiger partial charge >= 0.3 is 0 Å². The minimum absolute atomic E-state index is 0.344. The van der Waals surface area contributed by atoms with E-state index in [-0.39, 0.29) is 0 Å². The van der Waals surface area contributed by atoms with E-state index in [0.717, 1.165) is 40.8 Å². The van der Waals surface area contributed by atoms with Crippen LogP contribution in [0.4, 0.5) is 0 Å². The zero-order valence-corrected chi connectivity index (χ0v) is 18.2. The van der Waals surface area contributed by atoms with Crippen LogP contribution in [0, 0.1) is 20.8 Å². The summed E-state index contributed by atoms with van der Waals surface area (Å²) in [5.74, 6) is 0.547. The third-order valence-electron chi connectivity index (χ3n) is 4.87. The number of nitrogens with zero attached hydrogens (tertiary/aromatic N) is 2. The summed E-state index contributed by atoms with van der Waals surface area (Å²) in [6.45, 7) is 5.99. The van der Waals surface area contributed by atoms with Gasteiger partial charge in [0.05, 0.1) is 29.3 Å². The maximum atomic E-state index is 13.4. The highest BCUT2D eigenvalue weighted by Gasteiger charge is 2.28. The van der Waals surface area contributed by atoms with E-state index >= 15 is 0 Å². The van der Waals surface area contributed by atoms with Crippen molar-refractivity contribution in [2.75, 3.05) is 13.7 Å². The molecule has 0 aliphatic carbocycles. The molecule has 0 aromatic heterocycles. The third-order valence-corrected chi connectivity index (χ3v) is 7.16. The lowest BCUT2D eigenvalue weighted by Crippen LogP contribution is -2.28. The molecule has 3 rings (SSSR count). The minimum Gasteiger partial charge on any atom is -0.495 e. The molecule has 2 aromatic rings. The summed E-state index contributed by atoms with van der Waals surface area (Å²) < 4.78 is 33.4. The maximum absolute atomic E-state index is 13.4. The van der Waals surface area contributed by atoms with Crippen molar-refractivity contribution in [3.63, 3.8) is 0 Å². The molecule has 0 spiro atoms. The van der Waals surface area contributed by atoms with Gasteiger partial charge in [0.25, 0.3) is 10.0 Å². The summed E-state index contributed by atoms with van der Waals surface area (Å²) in [5, 5.41) is 5.08. The van der Waals surface area contributed by atoms with Crippen LogP contribution in [0.25, 0.3) is 0 Å². The first-order valence-corrected chi connectivity index (χ1v) is 11.1. The molecular weight excluding hydrogens is 396 g/mol. The summed E-state index contributed by atoms with van der Waals surface area (Å²) in [6.07, 6.45) is 2.31. The standard InChI is InChI=1S/C21H25ClN2O3S/c1-14-11-15(2)21(16(3)12-14)28(25,26)24-10-6-5-7-19(23-24)17-8-9-18(22)20(13-17)27-4/h8-9,11-13H,5-7,10H2,1-4H3. The van der Waals surface area contributed by atoms with Gasteiger partial charge in [0.2, 0.25) is 0 Å². The lowest BCUT2D eigenvalue weighted by Gasteiger charge is -2.21. The zero-order chi connectivity index (χ0) is 20.5. The SMILES string of the molecule is COc1cc(C2=NN(S(=O)(=O)c3c(C)cc(C)cc3C)CCCC2)ccc1Cl. The highest BCUT2D eigenvalue weighted by Crippen LogP contribution is 2.30. The van der Waals surface area contributed by atoms with E-state index in [2.05, 4.69) is 5.10 Å². The first kappa shape index (κ1) is 20.7. The van der Waals surface area contributed by atoms with Crippen LogP contribution in [-0.2, 0) is 10.0 Å². The molecule has 28 heavy (non-hydrogen) atoms. The quantitative estimate of drug-likeness (QED) is 0.710. The highest BCUT2D eigenvalue weighted by molar-refractivity contribution is 7.89. The van der Waals surface area contributed by atoms with Crippen LogP contribution in [-0.4, -0.2) is 32.2 Å². The topological polar surface area (TPSA) is 59.0 Å². The van der Waals surface area contributed by atoms with Crippen molar-refractivity contribution in [1.82, 2.24) is 4.41 Å². The van der Waals surface area contributed by atoms with Gasteiger partial charge in [0, 0.05) is 5.56 Å². The van der Waals surface area contributed by atoms with E-state index in [1.807, 2.05) is 39.0 Å². The van der Waals surface area contributed by atoms with Crippen molar-refractivity contribution in [2.24, 2.45) is 5.10 Å². The normalized spacial score (nSPS) is 15.2. The van der Waals surface area contributed by atoms with Crippen LogP contribution in [0.15, 0.2) is 40.3 Å². The molecule has 0 saturated heterocycles. The second kappa shape index (κ2) is 8.13. The van der Waals surface area contributed by atoms with Crippen LogP contribution in [0.2, 0.25) is 5.02 Å². The fraction of sp³-hybridized carbons (Fsp3) is 0.381. The molecule has 0 saturated carbocycles. The summed E-state index contributed by atoms with van der Waals surface area (Å²) >= 11 is 6.13. The fourth-order valence-electron chi connectivity index (χ4n) is 3.67. The van der Waals surface area contributed by atoms with Crippen molar-refractivity contribution in [3.8, 4) is 5.75 Å². The van der Waals surface area contributed by atoms with E-state index in [1.165, 1.54) is 4.41 Å². The molecule has 0 unspecified atom stereocenters. The van der Waals surface area contributed by atoms with Crippen LogP contribution < -0.4 is 4.74 Å². The molecular formula is C21H25ClN2O3S. The van der Waals surface area contributed by atoms with Crippen LogP contribution in [0.3, 0.4) is 0 Å². The number of benzene rings is 2. The van der Waals surface area contributed by atoms with E-state index in [4.69, 9.17) is 16.3 Å². The van der Waals surface area contributed by atoms with Crippen LogP contribution >= 0.6 is 11.6 Å². The van der Waals surface area contributed by atoms with Gasteiger partial charge in [0.15, 0.2) is 0 Å². The first-order chi connectivity index (χ1) is 13.2. The van der Waals surface area contributed by atoms with Gasteiger partial charge in [-0.25, -0.2) is 0 Å². The van der Waals surface area contributed by atoms with E-state index < -0.39 is 10.0 Å². The Balaban J connectivity index is 2.07. The second-order valence-corrected chi connectivity index (χ2v) is 9.32. The smallest absolute Gasteiger partial charge is 0.279 e. The average Bonchev–Trinajstić information content (AvgIpc) is 2.88. The number of aryl methyl sites for hydroxylation is 3. The van der Waals surface area contributed by atoms with Crippen molar-refractivity contribution >= 4 is 27.3 Å². The molecule has 1 aliphatic rings. The van der Waals surface area contributed by atoms with Gasteiger partial charge in [-0.05, 0) is 63.3 Å². The predicted molar refractivity (Wildman–Crippen MR) is 113 cm³/mol. The van der Waals surface area contributed by atoms with Gasteiger partial charge in [-0.1, -0.05) is 35.4 Å². The maximum Gasteiger partial charge on any atom is 0.279 e. The number of sulfonamides is 1. The Morgan fingerprint density at radius 2 is 1.75 bits per heavy atom. The molecule has 0 amide bonds. The molecule has 0 fully saturated rings. The number of hydrogen-bond acceptors (Lipinski definition) is 4. The van der Waals surface area contributed by atoms with E-state index in [1.54, 1.807) is 19.2 Å². The zero-order valence-electron chi connectivity index (χ0n) is 16.6. The summed E-state index contributed by atoms with van der Waals surface area (Å²) in [4.78, 5) is 0.344. The van der Waals surface area contributed by atoms with Crippen molar-refractivity contribution in [3.05, 3.63) is 57.6 Å². The van der Waals surface area contributed by atoms with Crippen molar-refractivity contribution in [2.45, 2.75) is 44.9 Å². The predicted octanol–water partition coefficient (Wildman–Crippen LogP) is 4.85. The lowest BCUT2D eigenvalue weighted by molar-refractivity contribution is 0.415. The first-order valence-electron chi connectivity index (χ1n) is 9.26. The molecule has 1 aliphatic heterocycles. The highest BCUT2D eigenvalue weighted by atomic mass is 35.5. The van der Waals surface area contributed by atoms with Gasteiger partial charge in [0.1, 0.15) is 5.75 Å². The van der Waals surface area contributed by atoms with Gasteiger partial charge in [-0.3, -0.25) is 0 Å². The summed E-state index contributed by atoms with van der Waals surface area (Å²) in [7, 11) is -2.18. The monoisotopic (exact) mass is 420 g/mol. The van der Waals surface area contributed by atoms with Gasteiger partial charge in [-0.2, -0.15) is 17.9 Å². The molecule has 150 valence electrons. The second-order valence-electron chi connectivity index (χ2n) is 7.13. The Labute approximate surface area is 172 Å². The number of methoxy groups -OCH3 is 1. The van der Waals surface area contributed by atoms with Crippen molar-refractivity contribution < 1.29 is 13.2 Å². The molecule has 7 heteroatoms. The molecule has 2 aromatic carbocycles. The Hall–Kier alpha value is -2.05. The largest absolute Gasteiger partial charge is 0.495 e. The Kier molecular flexibility index (Phi) is 6.01. The number of rotatable bonds is 4. The third kappa shape index (κ3) is 4.03. The number of ether oxygens (including phenoxy) is 1. The minimum atomic E-state index is -3.74. The van der Waals surface area contributed by atoms with Gasteiger partial charge in [-0.15, -0.1) is 0 Å². The molecule has 0 N–H and O–H groups in total. The Morgan fingerprint density at radius 3 is 2.39 bits per heavy atom. The Morgan fingerprint density at radius 1 is 1.07 bits per heavy atom. The number of halogens is 1. The molecule has 0 atom stereocenters. The fourth-order valence-corrected chi connectivity index (χ4v) is 5.58.